The van der Waals surface area contributed by atoms with E-state index in [1.807, 2.05) is 79.8 Å². The van der Waals surface area contributed by atoms with E-state index in [0.717, 1.165) is 23.1 Å². The van der Waals surface area contributed by atoms with Gasteiger partial charge < -0.3 is 11.1 Å². The van der Waals surface area contributed by atoms with E-state index in [4.69, 9.17) is 10.7 Å². The highest BCUT2D eigenvalue weighted by atomic mass is 16.2. The normalized spacial score (nSPS) is 17.7. The summed E-state index contributed by atoms with van der Waals surface area (Å²) in [4.78, 5) is 33.6. The highest BCUT2D eigenvalue weighted by molar-refractivity contribution is 6.09. The van der Waals surface area contributed by atoms with Crippen molar-refractivity contribution in [2.24, 2.45) is 16.6 Å². The van der Waals surface area contributed by atoms with Crippen molar-refractivity contribution in [3.8, 4) is 0 Å². The van der Waals surface area contributed by atoms with Crippen LogP contribution in [-0.4, -0.2) is 28.2 Å². The number of nitrogens with zero attached hydrogens (tertiary/aromatic N) is 2. The van der Waals surface area contributed by atoms with Crippen molar-refractivity contribution in [1.82, 2.24) is 10.2 Å². The first kappa shape index (κ1) is 30.6. The van der Waals surface area contributed by atoms with E-state index in [-0.39, 0.29) is 29.7 Å². The number of aliphatic imine (C=N–C) groups is 1. The van der Waals surface area contributed by atoms with E-state index in [1.54, 1.807) is 0 Å². The largest absolute Gasteiger partial charge is 0.369 e. The van der Waals surface area contributed by atoms with E-state index in [1.165, 1.54) is 4.90 Å². The van der Waals surface area contributed by atoms with Gasteiger partial charge in [0.1, 0.15) is 0 Å². The lowest BCUT2D eigenvalue weighted by Crippen LogP contribution is -2.44. The number of rotatable bonds is 11. The van der Waals surface area contributed by atoms with Crippen molar-refractivity contribution in [2.45, 2.75) is 78.4 Å². The number of hydrogen-bond donors (Lipinski definition) is 2. The smallest absolute Gasteiger partial charge is 0.262 e. The second-order valence-electron chi connectivity index (χ2n) is 11.9. The molecule has 3 N–H and O–H groups in total. The van der Waals surface area contributed by atoms with Gasteiger partial charge in [0.25, 0.3) is 11.8 Å². The molecule has 0 aromatic heterocycles. The Morgan fingerprint density at radius 3 is 2.45 bits per heavy atom. The van der Waals surface area contributed by atoms with E-state index >= 15 is 0 Å². The predicted molar refractivity (Wildman–Crippen MR) is 165 cm³/mol. The Bertz CT molecular complexity index is 1320. The lowest BCUT2D eigenvalue weighted by atomic mass is 9.82. The number of nitrogens with one attached hydrogen (secondary N) is 1. The van der Waals surface area contributed by atoms with E-state index in [0.29, 0.717) is 30.0 Å². The third kappa shape index (κ3) is 7.17. The molecule has 0 bridgehead atoms. The third-order valence-corrected chi connectivity index (χ3v) is 7.17. The first-order valence-electron chi connectivity index (χ1n) is 14.0. The zero-order valence-electron chi connectivity index (χ0n) is 24.8. The molecule has 0 saturated carbocycles. The number of amides is 2. The molecule has 212 valence electrons. The van der Waals surface area contributed by atoms with Crippen molar-refractivity contribution >= 4 is 17.8 Å². The fourth-order valence-electron chi connectivity index (χ4n) is 4.82. The summed E-state index contributed by atoms with van der Waals surface area (Å²) in [6.07, 6.45) is 8.85. The summed E-state index contributed by atoms with van der Waals surface area (Å²) in [6.45, 7) is 17.3. The molecule has 0 fully saturated rings. The summed E-state index contributed by atoms with van der Waals surface area (Å²) in [5.74, 6) is 0.225. The molecule has 40 heavy (non-hydrogen) atoms. The zero-order chi connectivity index (χ0) is 29.5. The van der Waals surface area contributed by atoms with Gasteiger partial charge in [-0.05, 0) is 59.4 Å². The number of carbonyl (C=O) groups excluding carboxylic acids is 2. The van der Waals surface area contributed by atoms with Crippen LogP contribution in [0.3, 0.4) is 0 Å². The molecule has 2 amide bonds. The lowest BCUT2D eigenvalue weighted by Gasteiger charge is -2.28. The topological polar surface area (TPSA) is 87.8 Å². The molecule has 0 unspecified atom stereocenters. The molecule has 6 heteroatoms. The van der Waals surface area contributed by atoms with Gasteiger partial charge >= 0.3 is 0 Å². The van der Waals surface area contributed by atoms with Gasteiger partial charge in [0.2, 0.25) is 0 Å². The Labute approximate surface area is 239 Å². The molecule has 1 aliphatic heterocycles. The number of carbonyl (C=O) groups is 2. The van der Waals surface area contributed by atoms with Crippen LogP contribution >= 0.6 is 0 Å². The Balaban J connectivity index is 1.91. The number of benzene rings is 2. The van der Waals surface area contributed by atoms with Crippen molar-refractivity contribution in [2.75, 3.05) is 0 Å². The average molecular weight is 541 g/mol. The van der Waals surface area contributed by atoms with Crippen LogP contribution in [-0.2, 0) is 23.3 Å². The minimum absolute atomic E-state index is 0.154. The van der Waals surface area contributed by atoms with Gasteiger partial charge in [-0.15, -0.1) is 0 Å². The number of hydrogen-bond acceptors (Lipinski definition) is 4. The zero-order valence-corrected chi connectivity index (χ0v) is 24.8. The minimum Gasteiger partial charge on any atom is -0.369 e. The predicted octanol–water partition coefficient (Wildman–Crippen LogP) is 6.43. The van der Waals surface area contributed by atoms with Crippen LogP contribution < -0.4 is 11.1 Å². The van der Waals surface area contributed by atoms with Crippen molar-refractivity contribution in [1.29, 1.82) is 0 Å². The second-order valence-corrected chi connectivity index (χ2v) is 11.9. The fourth-order valence-corrected chi connectivity index (χ4v) is 4.82. The molecule has 2 aromatic carbocycles. The highest BCUT2D eigenvalue weighted by Crippen LogP contribution is 2.36. The van der Waals surface area contributed by atoms with Gasteiger partial charge in [0.15, 0.2) is 11.5 Å². The maximum absolute atomic E-state index is 14.0. The number of allylic oxidation sites excluding steroid dienone is 3. The highest BCUT2D eigenvalue weighted by Gasteiger charge is 2.48. The van der Waals surface area contributed by atoms with Crippen molar-refractivity contribution in [3.63, 3.8) is 0 Å². The van der Waals surface area contributed by atoms with Gasteiger partial charge in [-0.25, -0.2) is 4.99 Å². The first-order chi connectivity index (χ1) is 18.9. The Morgan fingerprint density at radius 1 is 1.12 bits per heavy atom. The van der Waals surface area contributed by atoms with Crippen LogP contribution in [0.15, 0.2) is 90.0 Å². The van der Waals surface area contributed by atoms with E-state index in [9.17, 15) is 9.59 Å². The summed E-state index contributed by atoms with van der Waals surface area (Å²) in [7, 11) is 0. The molecule has 6 nitrogen and oxygen atoms in total. The number of guanidine groups is 1. The van der Waals surface area contributed by atoms with Crippen LogP contribution in [0.1, 0.15) is 81.4 Å². The van der Waals surface area contributed by atoms with E-state index < -0.39 is 5.54 Å². The summed E-state index contributed by atoms with van der Waals surface area (Å²) in [5.41, 5.74) is 8.99. The SMILES string of the molecule is C=C(/C=C\C=C/C)[C@@]1(CCC(C)C)N=C(N)N(Cc2ccc(C(C)(C)C)c(C(=O)NCc3ccccc3)c2)C1=O. The molecule has 0 spiro atoms. The summed E-state index contributed by atoms with van der Waals surface area (Å²) in [6, 6.07) is 15.6. The molecule has 3 rings (SSSR count). The molecular weight excluding hydrogens is 496 g/mol. The average Bonchev–Trinajstić information content (AvgIpc) is 3.15. The third-order valence-electron chi connectivity index (χ3n) is 7.17. The second kappa shape index (κ2) is 12.9. The van der Waals surface area contributed by atoms with E-state index in [2.05, 4.69) is 46.5 Å². The molecule has 2 aromatic rings. The lowest BCUT2D eigenvalue weighted by molar-refractivity contribution is -0.130. The quantitative estimate of drug-likeness (QED) is 0.322. The van der Waals surface area contributed by atoms with Gasteiger partial charge in [0, 0.05) is 12.1 Å². The fraction of sp³-hybridized carbons (Fsp3) is 0.382. The van der Waals surface area contributed by atoms with Crippen LogP contribution in [0.25, 0.3) is 0 Å². The maximum Gasteiger partial charge on any atom is 0.262 e. The molecule has 1 aliphatic rings. The number of nitrogens with two attached hydrogens (primary N) is 1. The monoisotopic (exact) mass is 540 g/mol. The molecule has 0 aliphatic carbocycles. The minimum atomic E-state index is -1.13. The van der Waals surface area contributed by atoms with Crippen LogP contribution in [0.2, 0.25) is 0 Å². The molecule has 1 atom stereocenters. The van der Waals surface area contributed by atoms with Crippen LogP contribution in [0.4, 0.5) is 0 Å². The summed E-state index contributed by atoms with van der Waals surface area (Å²) >= 11 is 0. The molecule has 0 saturated heterocycles. The maximum atomic E-state index is 14.0. The van der Waals surface area contributed by atoms with Crippen LogP contribution in [0.5, 0.6) is 0 Å². The van der Waals surface area contributed by atoms with Crippen molar-refractivity contribution < 1.29 is 9.59 Å². The van der Waals surface area contributed by atoms with Crippen LogP contribution in [0, 0.1) is 5.92 Å². The van der Waals surface area contributed by atoms with Gasteiger partial charge in [-0.1, -0.05) is 108 Å². The molecule has 0 radical (unpaired) electrons. The van der Waals surface area contributed by atoms with Crippen molar-refractivity contribution in [3.05, 3.63) is 107 Å². The first-order valence-corrected chi connectivity index (χ1v) is 14.0. The Kier molecular flexibility index (Phi) is 9.91. The summed E-state index contributed by atoms with van der Waals surface area (Å²) < 4.78 is 0. The standard InChI is InChI=1S/C34H44N4O2/c1-8-9-11-14-25(4)34(20-19-24(2)3)31(40)38(32(35)37-34)23-27-17-18-29(33(5,6)7)28(21-27)30(39)36-22-26-15-12-10-13-16-26/h8-18,21,24H,4,19-20,22-23H2,1-3,5-7H3,(H2,35,37)(H,36,39)/b9-8-,14-11-/t34-/m1/s1. The molecule has 1 heterocycles. The van der Waals surface area contributed by atoms with Gasteiger partial charge in [-0.2, -0.15) is 0 Å². The summed E-state index contributed by atoms with van der Waals surface area (Å²) in [5, 5.41) is 3.05. The van der Waals surface area contributed by atoms with Gasteiger partial charge in [0.05, 0.1) is 6.54 Å². The molecular formula is C34H44N4O2. The Morgan fingerprint density at radius 2 is 1.82 bits per heavy atom. The Hall–Kier alpha value is -3.93. The van der Waals surface area contributed by atoms with Gasteiger partial charge in [-0.3, -0.25) is 14.5 Å².